The van der Waals surface area contributed by atoms with Crippen LogP contribution in [0.5, 0.6) is 0 Å². The molecule has 0 amide bonds. The molecule has 0 aromatic carbocycles. The smallest absolute Gasteiger partial charge is 0.0594 e. The molecule has 6 saturated heterocycles. The van der Waals surface area contributed by atoms with Crippen LogP contribution < -0.4 is 0 Å². The third kappa shape index (κ3) is 43.2. The van der Waals surface area contributed by atoms with Gasteiger partial charge in [0.05, 0.1) is 39.6 Å². The summed E-state index contributed by atoms with van der Waals surface area (Å²) in [7, 11) is 3.55. The summed E-state index contributed by atoms with van der Waals surface area (Å²) in [6.45, 7) is 69.4. The second kappa shape index (κ2) is 48.1. The summed E-state index contributed by atoms with van der Waals surface area (Å²) in [5.41, 5.74) is 0. The highest BCUT2D eigenvalue weighted by atomic mass is 16.5. The molecule has 0 aromatic rings. The third-order valence-corrected chi connectivity index (χ3v) is 15.3. The van der Waals surface area contributed by atoms with Crippen LogP contribution in [0.15, 0.2) is 0 Å². The van der Waals surface area contributed by atoms with E-state index in [1.54, 1.807) is 14.2 Å². The van der Waals surface area contributed by atoms with Crippen molar-refractivity contribution in [2.75, 3.05) is 224 Å². The lowest BCUT2D eigenvalue weighted by atomic mass is 10.1. The SMILES string of the molecule is CC(C)CCCN1CCCC1.CC(C)CCCN1CCOCC1.CC(C)CN1CCN(C(C)C)CC1.CC(C)CN1CCOCC1.COCCN1CCN(CC(C)C)CC1.COCCN1CCN(CCCC(C)C)CC1. The molecule has 456 valence electrons. The minimum absolute atomic E-state index is 0.723. The second-order valence-corrected chi connectivity index (χ2v) is 25.9. The molecule has 13 heteroatoms. The molecule has 0 aliphatic carbocycles. The van der Waals surface area contributed by atoms with Gasteiger partial charge in [-0.3, -0.25) is 24.5 Å². The fourth-order valence-electron chi connectivity index (χ4n) is 10.7. The first kappa shape index (κ1) is 73.5. The van der Waals surface area contributed by atoms with Gasteiger partial charge in [0.15, 0.2) is 0 Å². The Morgan fingerprint density at radius 2 is 0.566 bits per heavy atom. The highest BCUT2D eigenvalue weighted by Gasteiger charge is 2.20. The van der Waals surface area contributed by atoms with Crippen molar-refractivity contribution >= 4 is 0 Å². The van der Waals surface area contributed by atoms with Crippen LogP contribution in [-0.2, 0) is 18.9 Å². The summed E-state index contributed by atoms with van der Waals surface area (Å²) >= 11 is 0. The van der Waals surface area contributed by atoms with Gasteiger partial charge >= 0.3 is 0 Å². The minimum atomic E-state index is 0.723. The number of rotatable bonds is 25. The second-order valence-electron chi connectivity index (χ2n) is 25.9. The minimum Gasteiger partial charge on any atom is -0.383 e. The predicted octanol–water partition coefficient (Wildman–Crippen LogP) is 9.51. The summed E-state index contributed by atoms with van der Waals surface area (Å²) in [4.78, 5) is 22.9. The molecule has 0 N–H and O–H groups in total. The van der Waals surface area contributed by atoms with Gasteiger partial charge in [-0.2, -0.15) is 0 Å². The molecule has 6 fully saturated rings. The highest BCUT2D eigenvalue weighted by molar-refractivity contribution is 4.76. The molecule has 0 unspecified atom stereocenters. The van der Waals surface area contributed by atoms with Gasteiger partial charge in [0, 0.05) is 158 Å². The maximum absolute atomic E-state index is 5.29. The van der Waals surface area contributed by atoms with Crippen molar-refractivity contribution in [3.05, 3.63) is 0 Å². The van der Waals surface area contributed by atoms with Crippen molar-refractivity contribution in [1.82, 2.24) is 44.1 Å². The number of ether oxygens (including phenoxy) is 4. The molecule has 13 nitrogen and oxygen atoms in total. The molecule has 6 aliphatic heterocycles. The van der Waals surface area contributed by atoms with Crippen LogP contribution in [0.25, 0.3) is 0 Å². The quantitative estimate of drug-likeness (QED) is 0.0874. The summed E-state index contributed by atoms with van der Waals surface area (Å²) in [5, 5.41) is 0. The molecule has 6 rings (SSSR count). The topological polar surface area (TPSA) is 66.1 Å². The fraction of sp³-hybridized carbons (Fsp3) is 1.00. The van der Waals surface area contributed by atoms with E-state index in [0.29, 0.717) is 0 Å². The van der Waals surface area contributed by atoms with Gasteiger partial charge in [-0.05, 0) is 133 Å². The predicted molar refractivity (Wildman–Crippen MR) is 330 cm³/mol. The Bertz CT molecular complexity index is 1210. The number of likely N-dealkylation sites (tertiary alicyclic amines) is 1. The molecular formula is C63H135N9O4. The molecule has 76 heavy (non-hydrogen) atoms. The number of hydrogen-bond acceptors (Lipinski definition) is 13. The Labute approximate surface area is 475 Å². The van der Waals surface area contributed by atoms with E-state index < -0.39 is 0 Å². The normalized spacial score (nSPS) is 20.6. The van der Waals surface area contributed by atoms with E-state index in [1.807, 2.05) is 0 Å². The molecule has 0 aromatic heterocycles. The summed E-state index contributed by atoms with van der Waals surface area (Å²) in [5.74, 6) is 4.98. The summed E-state index contributed by atoms with van der Waals surface area (Å²) in [6.07, 6.45) is 11.1. The van der Waals surface area contributed by atoms with Crippen molar-refractivity contribution in [2.24, 2.45) is 35.5 Å². The summed E-state index contributed by atoms with van der Waals surface area (Å²) < 4.78 is 20.7. The van der Waals surface area contributed by atoms with Crippen molar-refractivity contribution in [3.63, 3.8) is 0 Å². The Balaban J connectivity index is 0.000000459. The van der Waals surface area contributed by atoms with Gasteiger partial charge < -0.3 is 38.5 Å². The largest absolute Gasteiger partial charge is 0.383 e. The van der Waals surface area contributed by atoms with Gasteiger partial charge in [-0.1, -0.05) is 83.1 Å². The average molecular weight is 1080 g/mol. The molecule has 0 bridgehead atoms. The van der Waals surface area contributed by atoms with E-state index >= 15 is 0 Å². The zero-order chi connectivity index (χ0) is 56.4. The average Bonchev–Trinajstić information content (AvgIpc) is 3.91. The zero-order valence-corrected chi connectivity index (χ0v) is 54.0. The van der Waals surface area contributed by atoms with E-state index in [9.17, 15) is 0 Å². The first-order valence-corrected chi connectivity index (χ1v) is 32.1. The Morgan fingerprint density at radius 3 is 0.868 bits per heavy atom. The number of methoxy groups -OCH3 is 2. The molecule has 0 radical (unpaired) electrons. The number of morpholine rings is 2. The van der Waals surface area contributed by atoms with Crippen molar-refractivity contribution < 1.29 is 18.9 Å². The van der Waals surface area contributed by atoms with E-state index in [4.69, 9.17) is 18.9 Å². The number of hydrogen-bond donors (Lipinski definition) is 0. The van der Waals surface area contributed by atoms with Crippen LogP contribution >= 0.6 is 0 Å². The van der Waals surface area contributed by atoms with Crippen LogP contribution in [-0.4, -0.2) is 274 Å². The van der Waals surface area contributed by atoms with E-state index in [2.05, 4.69) is 141 Å². The Hall–Kier alpha value is -0.520. The van der Waals surface area contributed by atoms with Gasteiger partial charge in [-0.25, -0.2) is 0 Å². The van der Waals surface area contributed by atoms with Crippen LogP contribution in [0.1, 0.15) is 148 Å². The molecule has 6 aliphatic rings. The maximum atomic E-state index is 5.29. The van der Waals surface area contributed by atoms with Crippen LogP contribution in [0.3, 0.4) is 0 Å². The van der Waals surface area contributed by atoms with E-state index in [1.165, 1.54) is 182 Å². The lowest BCUT2D eigenvalue weighted by Gasteiger charge is -2.37. The maximum Gasteiger partial charge on any atom is 0.0594 e. The standard InChI is InChI=1S/C13H28N2O.C11H24N2O.C11H24N2.C10H21NO.C10H21N.C8H17NO/c1-13(2)5-4-6-14-7-9-15(10-8-14)11-12-16-3;1-11(2)10-13-6-4-12(5-7-13)8-9-14-3;1-10(2)9-12-5-7-13(8-6-12)11(3)4;1-10(2)4-3-5-11-6-8-12-9-7-11;1-10(2)6-5-9-11-7-3-4-8-11;1-8(2)7-9-3-5-10-6-4-9/h13H,4-12H2,1-3H3;11H,4-10H2,1-3H3;10-11H,5-9H2,1-4H3;10H,3-9H2,1-2H3;10H,3-9H2,1-2H3;8H,3-7H2,1-2H3. The monoisotopic (exact) mass is 1080 g/mol. The zero-order valence-electron chi connectivity index (χ0n) is 54.0. The number of piperazine rings is 3. The van der Waals surface area contributed by atoms with Crippen molar-refractivity contribution in [1.29, 1.82) is 0 Å². The summed E-state index contributed by atoms with van der Waals surface area (Å²) in [6, 6.07) is 0.723. The number of nitrogens with zero attached hydrogens (tertiary/aromatic N) is 9. The van der Waals surface area contributed by atoms with Crippen molar-refractivity contribution in [2.45, 2.75) is 154 Å². The lowest BCUT2D eigenvalue weighted by Crippen LogP contribution is -2.49. The van der Waals surface area contributed by atoms with Crippen LogP contribution in [0, 0.1) is 35.5 Å². The first-order chi connectivity index (χ1) is 36.4. The Morgan fingerprint density at radius 1 is 0.303 bits per heavy atom. The van der Waals surface area contributed by atoms with Crippen LogP contribution in [0.2, 0.25) is 0 Å². The van der Waals surface area contributed by atoms with Gasteiger partial charge in [0.2, 0.25) is 0 Å². The van der Waals surface area contributed by atoms with Crippen molar-refractivity contribution in [3.8, 4) is 0 Å². The first-order valence-electron chi connectivity index (χ1n) is 32.1. The van der Waals surface area contributed by atoms with Gasteiger partial charge in [0.1, 0.15) is 0 Å². The van der Waals surface area contributed by atoms with E-state index in [-0.39, 0.29) is 0 Å². The molecule has 0 spiro atoms. The van der Waals surface area contributed by atoms with Gasteiger partial charge in [0.25, 0.3) is 0 Å². The Kier molecular flexibility index (Phi) is 46.5. The van der Waals surface area contributed by atoms with E-state index in [0.717, 1.165) is 120 Å². The third-order valence-electron chi connectivity index (χ3n) is 15.3. The molecule has 6 heterocycles. The van der Waals surface area contributed by atoms with Crippen LogP contribution in [0.4, 0.5) is 0 Å². The highest BCUT2D eigenvalue weighted by Crippen LogP contribution is 2.12. The fourth-order valence-corrected chi connectivity index (χ4v) is 10.7. The lowest BCUT2D eigenvalue weighted by molar-refractivity contribution is 0.0329. The van der Waals surface area contributed by atoms with Gasteiger partial charge in [-0.15, -0.1) is 0 Å². The molecule has 0 saturated carbocycles. The molecular weight excluding hydrogens is 947 g/mol. The molecule has 0 atom stereocenters.